The lowest BCUT2D eigenvalue weighted by Gasteiger charge is -2.25. The molecule has 12 nitrogen and oxygen atoms in total. The molecule has 0 bridgehead atoms. The average molecular weight is 684 g/mol. The van der Waals surface area contributed by atoms with Crippen LogP contribution in [0.1, 0.15) is 20.8 Å². The van der Waals surface area contributed by atoms with Crippen LogP contribution in [-0.2, 0) is 24.3 Å². The molecule has 0 aliphatic carbocycles. The molecular weight excluding hydrogens is 647 g/mol. The second-order valence-corrected chi connectivity index (χ2v) is 20.4. The van der Waals surface area contributed by atoms with E-state index in [2.05, 4.69) is 34.9 Å². The number of benzene rings is 1. The zero-order chi connectivity index (χ0) is 31.9. The first kappa shape index (κ1) is 35.9. The first-order chi connectivity index (χ1) is 19.4. The minimum Gasteiger partial charge on any atom is -0.480 e. The lowest BCUT2D eigenvalue weighted by atomic mass is 10.2. The van der Waals surface area contributed by atoms with Crippen LogP contribution in [0, 0.1) is 0 Å². The Balaban J connectivity index is 2.38. The number of carboxylic acid groups (broad SMARTS) is 1. The molecule has 1 aromatic heterocycles. The number of carbonyl (C=O) groups excluding carboxylic acids is 1. The van der Waals surface area contributed by atoms with Crippen LogP contribution in [-0.4, -0.2) is 81.5 Å². The van der Waals surface area contributed by atoms with E-state index in [1.807, 2.05) is 0 Å². The van der Waals surface area contributed by atoms with Crippen molar-refractivity contribution >= 4 is 70.9 Å². The number of ether oxygens (including phenoxy) is 3. The molecule has 1 atom stereocenters. The number of alkyl carbamates (subject to hydrolysis) is 1. The van der Waals surface area contributed by atoms with E-state index in [0.29, 0.717) is 6.61 Å². The fourth-order valence-corrected chi connectivity index (χ4v) is 6.73. The summed E-state index contributed by atoms with van der Waals surface area (Å²) in [5.41, 5.74) is -0.811. The summed E-state index contributed by atoms with van der Waals surface area (Å²) in [6, 6.07) is 3.72. The fraction of sp³-hybridized carbons (Fsp3) is 0.520. The maximum absolute atomic E-state index is 13.8. The van der Waals surface area contributed by atoms with Gasteiger partial charge in [-0.25, -0.2) is 32.3 Å². The number of hydrogen-bond donors (Lipinski definition) is 2. The first-order valence-corrected chi connectivity index (χ1v) is 19.6. The van der Waals surface area contributed by atoms with Gasteiger partial charge in [0.25, 0.3) is 15.9 Å². The van der Waals surface area contributed by atoms with Crippen LogP contribution in [0.15, 0.2) is 34.3 Å². The van der Waals surface area contributed by atoms with E-state index in [0.717, 1.165) is 22.1 Å². The van der Waals surface area contributed by atoms with E-state index < -0.39 is 48.5 Å². The number of methoxy groups -OCH3 is 1. The van der Waals surface area contributed by atoms with Crippen molar-refractivity contribution in [3.05, 3.63) is 34.4 Å². The highest BCUT2D eigenvalue weighted by atomic mass is 35.5. The highest BCUT2D eigenvalue weighted by Crippen LogP contribution is 2.35. The van der Waals surface area contributed by atoms with Crippen LogP contribution in [0.5, 0.6) is 5.88 Å². The summed E-state index contributed by atoms with van der Waals surface area (Å²) in [7, 11) is -4.54. The second-order valence-electron chi connectivity index (χ2n) is 11.1. The molecule has 1 heterocycles. The monoisotopic (exact) mass is 682 g/mol. The van der Waals surface area contributed by atoms with Gasteiger partial charge in [0, 0.05) is 20.4 Å². The minimum atomic E-state index is -4.36. The molecule has 0 aliphatic heterocycles. The number of aliphatic carboxylic acids is 1. The average Bonchev–Trinajstić information content (AvgIpc) is 2.86. The normalized spacial score (nSPS) is 12.9. The third-order valence-electron chi connectivity index (χ3n) is 5.21. The summed E-state index contributed by atoms with van der Waals surface area (Å²) >= 11 is 13.3. The van der Waals surface area contributed by atoms with E-state index in [1.54, 1.807) is 20.8 Å². The summed E-state index contributed by atoms with van der Waals surface area (Å²) in [5.74, 6) is -1.75. The maximum atomic E-state index is 13.8. The van der Waals surface area contributed by atoms with Gasteiger partial charge in [-0.1, -0.05) is 48.9 Å². The number of thioether (sulfide) groups is 1. The summed E-state index contributed by atoms with van der Waals surface area (Å²) in [6.45, 7) is 11.4. The first-order valence-electron chi connectivity index (χ1n) is 12.7. The van der Waals surface area contributed by atoms with Gasteiger partial charge in [-0.2, -0.15) is 0 Å². The molecule has 0 unspecified atom stereocenters. The molecule has 0 saturated heterocycles. The van der Waals surface area contributed by atoms with Crippen molar-refractivity contribution in [1.29, 1.82) is 0 Å². The van der Waals surface area contributed by atoms with Crippen LogP contribution in [0.25, 0.3) is 0 Å². The Morgan fingerprint density at radius 2 is 1.88 bits per heavy atom. The van der Waals surface area contributed by atoms with Crippen molar-refractivity contribution in [2.75, 3.05) is 30.5 Å². The van der Waals surface area contributed by atoms with E-state index in [1.165, 1.54) is 31.5 Å². The van der Waals surface area contributed by atoms with Crippen LogP contribution in [0.3, 0.4) is 0 Å². The van der Waals surface area contributed by atoms with Gasteiger partial charge in [0.1, 0.15) is 28.3 Å². The molecule has 42 heavy (non-hydrogen) atoms. The summed E-state index contributed by atoms with van der Waals surface area (Å²) in [4.78, 5) is 32.2. The maximum Gasteiger partial charge on any atom is 0.408 e. The number of sulfonamides is 1. The summed E-state index contributed by atoms with van der Waals surface area (Å²) in [6.07, 6.45) is 0.378. The second kappa shape index (κ2) is 14.9. The van der Waals surface area contributed by atoms with Gasteiger partial charge in [-0.15, -0.1) is 11.8 Å². The Hall–Kier alpha value is -2.30. The summed E-state index contributed by atoms with van der Waals surface area (Å²) < 4.78 is 44.8. The van der Waals surface area contributed by atoms with Gasteiger partial charge in [-0.05, 0) is 38.9 Å². The highest BCUT2D eigenvalue weighted by Gasteiger charge is 2.33. The van der Waals surface area contributed by atoms with Gasteiger partial charge in [0.15, 0.2) is 0 Å². The molecule has 0 radical (unpaired) electrons. The predicted molar refractivity (Wildman–Crippen MR) is 165 cm³/mol. The molecule has 0 aliphatic rings. The molecule has 2 aromatic rings. The molecule has 1 aromatic carbocycles. The fourth-order valence-electron chi connectivity index (χ4n) is 3.09. The van der Waals surface area contributed by atoms with Gasteiger partial charge >= 0.3 is 12.1 Å². The number of nitrogens with one attached hydrogen (secondary N) is 1. The Morgan fingerprint density at radius 1 is 1.21 bits per heavy atom. The zero-order valence-corrected chi connectivity index (χ0v) is 28.6. The quantitative estimate of drug-likeness (QED) is 0.114. The topological polar surface area (TPSA) is 157 Å². The van der Waals surface area contributed by atoms with E-state index in [-0.39, 0.29) is 37.4 Å². The van der Waals surface area contributed by atoms with Crippen molar-refractivity contribution in [3.8, 4) is 5.88 Å². The molecule has 234 valence electrons. The van der Waals surface area contributed by atoms with Crippen LogP contribution >= 0.6 is 35.0 Å². The molecule has 2 N–H and O–H groups in total. The van der Waals surface area contributed by atoms with E-state index >= 15 is 0 Å². The van der Waals surface area contributed by atoms with Crippen molar-refractivity contribution in [3.63, 3.8) is 0 Å². The Bertz CT molecular complexity index is 1370. The molecule has 17 heteroatoms. The lowest BCUT2D eigenvalue weighted by Crippen LogP contribution is -2.44. The number of halogens is 2. The smallest absolute Gasteiger partial charge is 0.408 e. The number of amides is 1. The molecule has 0 spiro atoms. The Kier molecular flexibility index (Phi) is 12.8. The van der Waals surface area contributed by atoms with E-state index in [4.69, 9.17) is 37.4 Å². The van der Waals surface area contributed by atoms with Gasteiger partial charge in [0.05, 0.1) is 23.4 Å². The molecular formula is C25H36Cl2N4O8S2Si. The zero-order valence-electron chi connectivity index (χ0n) is 24.4. The number of carbonyl (C=O) groups is 2. The summed E-state index contributed by atoms with van der Waals surface area (Å²) in [5, 5.41) is 12.0. The molecule has 0 fully saturated rings. The highest BCUT2D eigenvalue weighted by molar-refractivity contribution is 7.99. The molecule has 0 saturated carbocycles. The van der Waals surface area contributed by atoms with Crippen LogP contribution in [0.2, 0.25) is 35.7 Å². The Morgan fingerprint density at radius 3 is 2.45 bits per heavy atom. The standard InChI is InChI=1S/C25H36Cl2N4O8S2Si/c1-25(2,3)39-24(34)29-17(23(32)33)14-40-19-13-28-21(22(30-19)37-4)31(15-38-11-12-42(5,6)7)41(35,36)18-10-8-9-16(26)20(18)27/h8-10,13,17H,11-12,14-15H2,1-7H3,(H,29,34)(H,32,33)/t17-/m0/s1. The van der Waals surface area contributed by atoms with Crippen LogP contribution in [0.4, 0.5) is 10.6 Å². The third kappa shape index (κ3) is 10.8. The Labute approximate surface area is 261 Å². The van der Waals surface area contributed by atoms with Crippen molar-refractivity contribution in [2.45, 2.75) is 68.0 Å². The lowest BCUT2D eigenvalue weighted by molar-refractivity contribution is -0.138. The number of hydrogen-bond acceptors (Lipinski definition) is 10. The minimum absolute atomic E-state index is 0.0510. The van der Waals surface area contributed by atoms with Crippen molar-refractivity contribution in [1.82, 2.24) is 15.3 Å². The van der Waals surface area contributed by atoms with E-state index in [9.17, 15) is 23.1 Å². The SMILES string of the molecule is COc1nc(SC[C@H](NC(=O)OC(C)(C)C)C(=O)O)cnc1N(COCC[Si](C)(C)C)S(=O)(=O)c1cccc(Cl)c1Cl. The predicted octanol–water partition coefficient (Wildman–Crippen LogP) is 5.37. The number of rotatable bonds is 14. The van der Waals surface area contributed by atoms with Gasteiger partial charge in [-0.3, -0.25) is 0 Å². The number of aromatic nitrogens is 2. The van der Waals surface area contributed by atoms with Crippen molar-refractivity contribution < 1.29 is 37.3 Å². The van der Waals surface area contributed by atoms with Crippen LogP contribution < -0.4 is 14.4 Å². The van der Waals surface area contributed by atoms with Crippen molar-refractivity contribution in [2.24, 2.45) is 0 Å². The molecule has 2 rings (SSSR count). The largest absolute Gasteiger partial charge is 0.480 e. The van der Waals surface area contributed by atoms with Gasteiger partial charge in [0.2, 0.25) is 5.82 Å². The molecule has 1 amide bonds. The number of nitrogens with zero attached hydrogens (tertiary/aromatic N) is 3. The third-order valence-corrected chi connectivity index (χ3v) is 10.6. The number of carboxylic acids is 1. The van der Waals surface area contributed by atoms with Gasteiger partial charge < -0.3 is 24.6 Å². The number of anilines is 1.